The van der Waals surface area contributed by atoms with Gasteiger partial charge in [-0.05, 0) is 23.8 Å². The van der Waals surface area contributed by atoms with Gasteiger partial charge in [0.1, 0.15) is 9.84 Å². The Morgan fingerprint density at radius 1 is 1.27 bits per heavy atom. The minimum Gasteiger partial charge on any atom is -0.479 e. The molecule has 0 aromatic heterocycles. The third kappa shape index (κ3) is 4.56. The van der Waals surface area contributed by atoms with Crippen LogP contribution in [0.2, 0.25) is 0 Å². The van der Waals surface area contributed by atoms with Gasteiger partial charge in [-0.25, -0.2) is 13.2 Å². The highest BCUT2D eigenvalue weighted by Crippen LogP contribution is 2.49. The van der Waals surface area contributed by atoms with Crippen LogP contribution in [-0.4, -0.2) is 37.4 Å². The number of carbonyl (C=O) groups is 2. The first-order valence-corrected chi connectivity index (χ1v) is 9.02. The lowest BCUT2D eigenvalue weighted by Crippen LogP contribution is -2.35. The SMILES string of the molecule is CS(=O)(=O)CC1(CC(=O)N[C@H](C(=O)O)c2ccccc2)CC1. The minimum atomic E-state index is -3.16. The highest BCUT2D eigenvalue weighted by Gasteiger charge is 2.47. The van der Waals surface area contributed by atoms with Gasteiger partial charge in [0.15, 0.2) is 6.04 Å². The Balaban J connectivity index is 2.03. The van der Waals surface area contributed by atoms with E-state index in [1.807, 2.05) is 0 Å². The lowest BCUT2D eigenvalue weighted by molar-refractivity contribution is -0.142. The summed E-state index contributed by atoms with van der Waals surface area (Å²) in [6, 6.07) is 7.29. The molecule has 1 fully saturated rings. The molecule has 0 heterocycles. The van der Waals surface area contributed by atoms with Crippen LogP contribution in [0, 0.1) is 5.41 Å². The van der Waals surface area contributed by atoms with Gasteiger partial charge in [0, 0.05) is 12.7 Å². The Morgan fingerprint density at radius 2 is 1.86 bits per heavy atom. The molecule has 1 aromatic rings. The van der Waals surface area contributed by atoms with Crippen LogP contribution in [0.3, 0.4) is 0 Å². The molecule has 1 saturated carbocycles. The van der Waals surface area contributed by atoms with Crippen molar-refractivity contribution in [1.29, 1.82) is 0 Å². The number of carboxylic acids is 1. The Morgan fingerprint density at radius 3 is 2.32 bits per heavy atom. The molecular formula is C15H19NO5S. The van der Waals surface area contributed by atoms with Crippen molar-refractivity contribution in [2.24, 2.45) is 5.41 Å². The van der Waals surface area contributed by atoms with E-state index in [0.717, 1.165) is 6.26 Å². The average Bonchev–Trinajstić information content (AvgIpc) is 3.13. The molecule has 120 valence electrons. The second-order valence-corrected chi connectivity index (χ2v) is 8.14. The van der Waals surface area contributed by atoms with Gasteiger partial charge in [-0.1, -0.05) is 30.3 Å². The Bertz CT molecular complexity index is 664. The maximum absolute atomic E-state index is 12.1. The molecule has 1 amide bonds. The molecule has 2 rings (SSSR count). The van der Waals surface area contributed by atoms with Gasteiger partial charge in [-0.3, -0.25) is 4.79 Å². The second kappa shape index (κ2) is 6.08. The highest BCUT2D eigenvalue weighted by molar-refractivity contribution is 7.90. The van der Waals surface area contributed by atoms with Crippen molar-refractivity contribution in [3.05, 3.63) is 35.9 Å². The molecule has 2 N–H and O–H groups in total. The van der Waals surface area contributed by atoms with Gasteiger partial charge in [0.25, 0.3) is 0 Å². The summed E-state index contributed by atoms with van der Waals surface area (Å²) in [5.41, 5.74) is -0.0338. The summed E-state index contributed by atoms with van der Waals surface area (Å²) in [7, 11) is -3.16. The quantitative estimate of drug-likeness (QED) is 0.783. The molecule has 22 heavy (non-hydrogen) atoms. The van der Waals surface area contributed by atoms with Crippen molar-refractivity contribution < 1.29 is 23.1 Å². The summed E-state index contributed by atoms with van der Waals surface area (Å²) >= 11 is 0. The molecule has 0 radical (unpaired) electrons. The van der Waals surface area contributed by atoms with Gasteiger partial charge in [-0.15, -0.1) is 0 Å². The molecule has 1 aliphatic carbocycles. The van der Waals surface area contributed by atoms with Gasteiger partial charge in [-0.2, -0.15) is 0 Å². The molecule has 0 unspecified atom stereocenters. The van der Waals surface area contributed by atoms with Crippen molar-refractivity contribution in [3.63, 3.8) is 0 Å². The van der Waals surface area contributed by atoms with E-state index in [9.17, 15) is 23.1 Å². The summed E-state index contributed by atoms with van der Waals surface area (Å²) in [6.45, 7) is 0. The zero-order chi connectivity index (χ0) is 16.4. The van der Waals surface area contributed by atoms with Crippen LogP contribution in [0.4, 0.5) is 0 Å². The second-order valence-electron chi connectivity index (χ2n) is 6.00. The largest absolute Gasteiger partial charge is 0.479 e. The number of benzene rings is 1. The number of sulfone groups is 1. The van der Waals surface area contributed by atoms with Crippen molar-refractivity contribution in [2.75, 3.05) is 12.0 Å². The molecule has 1 aromatic carbocycles. The van der Waals surface area contributed by atoms with Gasteiger partial charge in [0.05, 0.1) is 5.75 Å². The number of carboxylic acid groups (broad SMARTS) is 1. The maximum atomic E-state index is 12.1. The number of aliphatic carboxylic acids is 1. The van der Waals surface area contributed by atoms with E-state index in [2.05, 4.69) is 5.32 Å². The highest BCUT2D eigenvalue weighted by atomic mass is 32.2. The van der Waals surface area contributed by atoms with Crippen molar-refractivity contribution in [1.82, 2.24) is 5.32 Å². The van der Waals surface area contributed by atoms with Gasteiger partial charge in [0.2, 0.25) is 5.91 Å². The van der Waals surface area contributed by atoms with Crippen LogP contribution in [0.5, 0.6) is 0 Å². The topological polar surface area (TPSA) is 101 Å². The smallest absolute Gasteiger partial charge is 0.330 e. The molecule has 6 nitrogen and oxygen atoms in total. The molecule has 1 atom stereocenters. The first-order chi connectivity index (χ1) is 10.2. The number of hydrogen-bond acceptors (Lipinski definition) is 4. The number of hydrogen-bond donors (Lipinski definition) is 2. The summed E-state index contributed by atoms with van der Waals surface area (Å²) in [4.78, 5) is 23.4. The number of carbonyl (C=O) groups excluding carboxylic acids is 1. The van der Waals surface area contributed by atoms with Gasteiger partial charge >= 0.3 is 5.97 Å². The van der Waals surface area contributed by atoms with Crippen molar-refractivity contribution >= 4 is 21.7 Å². The molecule has 1 aliphatic rings. The zero-order valence-corrected chi connectivity index (χ0v) is 13.1. The van der Waals surface area contributed by atoms with E-state index in [0.29, 0.717) is 18.4 Å². The fourth-order valence-electron chi connectivity index (χ4n) is 2.59. The van der Waals surface area contributed by atoms with Gasteiger partial charge < -0.3 is 10.4 Å². The standard InChI is InChI=1S/C15H19NO5S/c1-22(20,21)10-15(7-8-15)9-12(17)16-13(14(18)19)11-5-3-2-4-6-11/h2-6,13H,7-10H2,1H3,(H,16,17)(H,18,19)/t13-/m0/s1. The fraction of sp³-hybridized carbons (Fsp3) is 0.467. The minimum absolute atomic E-state index is 0.0313. The fourth-order valence-corrected chi connectivity index (χ4v) is 4.09. The third-order valence-electron chi connectivity index (χ3n) is 3.75. The summed E-state index contributed by atoms with van der Waals surface area (Å²) in [5, 5.41) is 11.7. The van der Waals surface area contributed by atoms with Crippen LogP contribution in [0.15, 0.2) is 30.3 Å². The van der Waals surface area contributed by atoms with Crippen LogP contribution in [0.1, 0.15) is 30.9 Å². The van der Waals surface area contributed by atoms with E-state index in [4.69, 9.17) is 0 Å². The number of nitrogens with one attached hydrogen (secondary N) is 1. The van der Waals surface area contributed by atoms with E-state index in [1.165, 1.54) is 0 Å². The summed E-state index contributed by atoms with van der Waals surface area (Å²) < 4.78 is 22.8. The maximum Gasteiger partial charge on any atom is 0.330 e. The molecule has 0 aliphatic heterocycles. The third-order valence-corrected chi connectivity index (χ3v) is 4.88. The normalized spacial score (nSPS) is 17.5. The monoisotopic (exact) mass is 325 g/mol. The van der Waals surface area contributed by atoms with E-state index >= 15 is 0 Å². The first-order valence-electron chi connectivity index (χ1n) is 6.96. The summed E-state index contributed by atoms with van der Waals surface area (Å²) in [5.74, 6) is -1.61. The Hall–Kier alpha value is -1.89. The van der Waals surface area contributed by atoms with Crippen LogP contribution in [-0.2, 0) is 19.4 Å². The molecular weight excluding hydrogens is 306 g/mol. The summed E-state index contributed by atoms with van der Waals surface area (Å²) in [6.07, 6.45) is 2.54. The predicted molar refractivity (Wildman–Crippen MR) is 81.0 cm³/mol. The van der Waals surface area contributed by atoms with E-state index in [1.54, 1.807) is 30.3 Å². The van der Waals surface area contributed by atoms with E-state index < -0.39 is 33.2 Å². The van der Waals surface area contributed by atoms with Crippen molar-refractivity contribution in [3.8, 4) is 0 Å². The Kier molecular flexibility index (Phi) is 4.55. The number of rotatable bonds is 7. The van der Waals surface area contributed by atoms with E-state index in [-0.39, 0.29) is 12.2 Å². The van der Waals surface area contributed by atoms with Crippen LogP contribution >= 0.6 is 0 Å². The lowest BCUT2D eigenvalue weighted by Gasteiger charge is -2.18. The predicted octanol–water partition coefficient (Wildman–Crippen LogP) is 1.14. The molecule has 0 spiro atoms. The van der Waals surface area contributed by atoms with Crippen molar-refractivity contribution in [2.45, 2.75) is 25.3 Å². The first kappa shape index (κ1) is 16.5. The average molecular weight is 325 g/mol. The zero-order valence-electron chi connectivity index (χ0n) is 12.3. The Labute approximate surface area is 129 Å². The molecule has 7 heteroatoms. The van der Waals surface area contributed by atoms with Crippen LogP contribution < -0.4 is 5.32 Å². The molecule has 0 bridgehead atoms. The number of amides is 1. The lowest BCUT2D eigenvalue weighted by atomic mass is 10.0. The van der Waals surface area contributed by atoms with Crippen LogP contribution in [0.25, 0.3) is 0 Å². The molecule has 0 saturated heterocycles.